The fourth-order valence-electron chi connectivity index (χ4n) is 1.46. The minimum absolute atomic E-state index is 0.348. The van der Waals surface area contributed by atoms with Gasteiger partial charge in [-0.2, -0.15) is 0 Å². The van der Waals surface area contributed by atoms with Crippen molar-refractivity contribution in [1.29, 1.82) is 0 Å². The molecule has 0 spiro atoms. The van der Waals surface area contributed by atoms with Crippen molar-refractivity contribution < 1.29 is 14.3 Å². The summed E-state index contributed by atoms with van der Waals surface area (Å²) in [5, 5.41) is 0. The van der Waals surface area contributed by atoms with Gasteiger partial charge in [0.1, 0.15) is 18.4 Å². The second-order valence-electron chi connectivity index (χ2n) is 3.81. The lowest BCUT2D eigenvalue weighted by molar-refractivity contribution is -0.144. The number of hydrogen-bond donors (Lipinski definition) is 1. The predicted molar refractivity (Wildman–Crippen MR) is 70.4 cm³/mol. The van der Waals surface area contributed by atoms with E-state index < -0.39 is 6.04 Å². The molecule has 0 amide bonds. The number of carbonyl (C=O) groups excluding carboxylic acids is 1. The van der Waals surface area contributed by atoms with Crippen LogP contribution in [0.4, 0.5) is 0 Å². The molecule has 18 heavy (non-hydrogen) atoms. The molecular weight excluding hydrogens is 230 g/mol. The monoisotopic (exact) mass is 249 g/mol. The van der Waals surface area contributed by atoms with Gasteiger partial charge in [-0.1, -0.05) is 24.8 Å². The van der Waals surface area contributed by atoms with Crippen LogP contribution in [0.2, 0.25) is 0 Å². The molecule has 0 aromatic heterocycles. The number of hydrogen-bond acceptors (Lipinski definition) is 4. The van der Waals surface area contributed by atoms with Gasteiger partial charge in [0.15, 0.2) is 0 Å². The average molecular weight is 249 g/mol. The van der Waals surface area contributed by atoms with Gasteiger partial charge < -0.3 is 15.2 Å². The van der Waals surface area contributed by atoms with E-state index in [0.717, 1.165) is 11.3 Å². The van der Waals surface area contributed by atoms with Gasteiger partial charge in [0.05, 0.1) is 6.61 Å². The number of nitrogens with two attached hydrogens (primary N) is 1. The third kappa shape index (κ3) is 4.59. The summed E-state index contributed by atoms with van der Waals surface area (Å²) >= 11 is 0. The van der Waals surface area contributed by atoms with Crippen molar-refractivity contribution in [3.63, 3.8) is 0 Å². The Balaban J connectivity index is 2.52. The zero-order valence-corrected chi connectivity index (χ0v) is 10.6. The fourth-order valence-corrected chi connectivity index (χ4v) is 1.46. The van der Waals surface area contributed by atoms with E-state index in [4.69, 9.17) is 15.2 Å². The number of esters is 1. The highest BCUT2D eigenvalue weighted by Crippen LogP contribution is 2.13. The van der Waals surface area contributed by atoms with Crippen LogP contribution in [0.1, 0.15) is 12.5 Å². The van der Waals surface area contributed by atoms with Crippen molar-refractivity contribution >= 4 is 5.97 Å². The summed E-state index contributed by atoms with van der Waals surface area (Å²) in [6, 6.07) is 6.84. The Morgan fingerprint density at radius 2 is 2.11 bits per heavy atom. The molecule has 1 aromatic carbocycles. The molecule has 1 atom stereocenters. The van der Waals surface area contributed by atoms with Crippen LogP contribution in [0.15, 0.2) is 36.9 Å². The van der Waals surface area contributed by atoms with Crippen molar-refractivity contribution in [2.24, 2.45) is 5.73 Å². The SMILES string of the molecule is C=CCOc1ccc(C[C@H](N)C(=O)OCC)cc1. The van der Waals surface area contributed by atoms with Gasteiger partial charge in [-0.15, -0.1) is 0 Å². The molecule has 0 aliphatic rings. The summed E-state index contributed by atoms with van der Waals surface area (Å²) in [4.78, 5) is 11.4. The second-order valence-corrected chi connectivity index (χ2v) is 3.81. The van der Waals surface area contributed by atoms with E-state index in [0.29, 0.717) is 19.6 Å². The summed E-state index contributed by atoms with van der Waals surface area (Å²) in [5.41, 5.74) is 6.71. The highest BCUT2D eigenvalue weighted by molar-refractivity contribution is 5.75. The maximum atomic E-state index is 11.4. The largest absolute Gasteiger partial charge is 0.490 e. The summed E-state index contributed by atoms with van der Waals surface area (Å²) in [6.45, 7) is 6.16. The Labute approximate surface area is 107 Å². The first kappa shape index (κ1) is 14.3. The third-order valence-electron chi connectivity index (χ3n) is 2.34. The quantitative estimate of drug-likeness (QED) is 0.590. The van der Waals surface area contributed by atoms with Crippen LogP contribution in [0.5, 0.6) is 5.75 Å². The van der Waals surface area contributed by atoms with Crippen LogP contribution in [0, 0.1) is 0 Å². The maximum Gasteiger partial charge on any atom is 0.323 e. The summed E-state index contributed by atoms with van der Waals surface area (Å²) in [6.07, 6.45) is 2.14. The van der Waals surface area contributed by atoms with Crippen LogP contribution in [-0.2, 0) is 16.0 Å². The third-order valence-corrected chi connectivity index (χ3v) is 2.34. The van der Waals surface area contributed by atoms with E-state index in [-0.39, 0.29) is 5.97 Å². The molecule has 0 fully saturated rings. The number of ether oxygens (including phenoxy) is 2. The topological polar surface area (TPSA) is 61.5 Å². The molecule has 0 saturated heterocycles. The highest BCUT2D eigenvalue weighted by Gasteiger charge is 2.14. The second kappa shape index (κ2) is 7.50. The average Bonchev–Trinajstić information content (AvgIpc) is 2.38. The van der Waals surface area contributed by atoms with Crippen molar-refractivity contribution in [3.8, 4) is 5.75 Å². The molecule has 1 aromatic rings. The molecule has 0 bridgehead atoms. The van der Waals surface area contributed by atoms with E-state index in [1.807, 2.05) is 24.3 Å². The molecule has 0 aliphatic heterocycles. The first-order valence-electron chi connectivity index (χ1n) is 5.92. The standard InChI is InChI=1S/C14H19NO3/c1-3-9-18-12-7-5-11(6-8-12)10-13(15)14(16)17-4-2/h3,5-8,13H,1,4,9-10,15H2,2H3/t13-/m0/s1. The summed E-state index contributed by atoms with van der Waals surface area (Å²) in [5.74, 6) is 0.396. The smallest absolute Gasteiger partial charge is 0.323 e. The van der Waals surface area contributed by atoms with Crippen molar-refractivity contribution in [2.45, 2.75) is 19.4 Å². The first-order valence-corrected chi connectivity index (χ1v) is 5.92. The Kier molecular flexibility index (Phi) is 5.94. The Morgan fingerprint density at radius 1 is 1.44 bits per heavy atom. The van der Waals surface area contributed by atoms with E-state index in [1.165, 1.54) is 0 Å². The lowest BCUT2D eigenvalue weighted by atomic mass is 10.1. The molecule has 0 radical (unpaired) electrons. The van der Waals surface area contributed by atoms with Gasteiger partial charge in [-0.05, 0) is 31.0 Å². The summed E-state index contributed by atoms with van der Waals surface area (Å²) < 4.78 is 10.2. The first-order chi connectivity index (χ1) is 8.67. The van der Waals surface area contributed by atoms with Gasteiger partial charge in [0, 0.05) is 0 Å². The molecule has 4 nitrogen and oxygen atoms in total. The minimum atomic E-state index is -0.620. The van der Waals surface area contributed by atoms with Gasteiger partial charge in [0.25, 0.3) is 0 Å². The predicted octanol–water partition coefficient (Wildman–Crippen LogP) is 1.68. The van der Waals surface area contributed by atoms with Gasteiger partial charge in [-0.3, -0.25) is 4.79 Å². The normalized spacial score (nSPS) is 11.7. The fraction of sp³-hybridized carbons (Fsp3) is 0.357. The lowest BCUT2D eigenvalue weighted by Gasteiger charge is -2.11. The minimum Gasteiger partial charge on any atom is -0.490 e. The zero-order chi connectivity index (χ0) is 13.4. The number of carbonyl (C=O) groups is 1. The van der Waals surface area contributed by atoms with E-state index in [1.54, 1.807) is 13.0 Å². The highest BCUT2D eigenvalue weighted by atomic mass is 16.5. The number of benzene rings is 1. The lowest BCUT2D eigenvalue weighted by Crippen LogP contribution is -2.34. The molecule has 0 unspecified atom stereocenters. The Bertz CT molecular complexity index is 387. The molecule has 0 saturated carbocycles. The van der Waals surface area contributed by atoms with Gasteiger partial charge >= 0.3 is 5.97 Å². The van der Waals surface area contributed by atoms with E-state index >= 15 is 0 Å². The molecule has 2 N–H and O–H groups in total. The van der Waals surface area contributed by atoms with E-state index in [9.17, 15) is 4.79 Å². The van der Waals surface area contributed by atoms with Crippen molar-refractivity contribution in [3.05, 3.63) is 42.5 Å². The maximum absolute atomic E-state index is 11.4. The molecular formula is C14H19NO3. The molecule has 0 aliphatic carbocycles. The number of rotatable bonds is 7. The van der Waals surface area contributed by atoms with Crippen LogP contribution in [-0.4, -0.2) is 25.2 Å². The molecule has 4 heteroatoms. The van der Waals surface area contributed by atoms with Crippen molar-refractivity contribution in [1.82, 2.24) is 0 Å². The van der Waals surface area contributed by atoms with Crippen LogP contribution in [0.25, 0.3) is 0 Å². The van der Waals surface area contributed by atoms with Crippen molar-refractivity contribution in [2.75, 3.05) is 13.2 Å². The van der Waals surface area contributed by atoms with Crippen LogP contribution in [0.3, 0.4) is 0 Å². The summed E-state index contributed by atoms with van der Waals surface area (Å²) in [7, 11) is 0. The molecule has 98 valence electrons. The van der Waals surface area contributed by atoms with Crippen LogP contribution < -0.4 is 10.5 Å². The zero-order valence-electron chi connectivity index (χ0n) is 10.6. The molecule has 1 rings (SSSR count). The van der Waals surface area contributed by atoms with Crippen LogP contribution >= 0.6 is 0 Å². The van der Waals surface area contributed by atoms with E-state index in [2.05, 4.69) is 6.58 Å². The van der Waals surface area contributed by atoms with Gasteiger partial charge in [0.2, 0.25) is 0 Å². The Hall–Kier alpha value is -1.81. The molecule has 0 heterocycles. The Morgan fingerprint density at radius 3 is 2.67 bits per heavy atom. The van der Waals surface area contributed by atoms with Gasteiger partial charge in [-0.25, -0.2) is 0 Å².